The zero-order chi connectivity index (χ0) is 17.4. The molecule has 1 aliphatic rings. The van der Waals surface area contributed by atoms with Crippen LogP contribution in [0.25, 0.3) is 0 Å². The summed E-state index contributed by atoms with van der Waals surface area (Å²) < 4.78 is 5.69. The Morgan fingerprint density at radius 2 is 2.21 bits per heavy atom. The molecule has 0 bridgehead atoms. The van der Waals surface area contributed by atoms with Gasteiger partial charge in [-0.3, -0.25) is 4.99 Å². The normalized spacial score (nSPS) is 19.0. The Balaban J connectivity index is 1.90. The molecule has 1 aromatic carbocycles. The Bertz CT molecular complexity index is 533. The first-order valence-corrected chi connectivity index (χ1v) is 9.93. The van der Waals surface area contributed by atoms with Gasteiger partial charge in [-0.15, -0.1) is 0 Å². The SMILES string of the molecule is CCC1CN(C(=NC)NCc2cccc(COC(C)C)c2)CCS1. The van der Waals surface area contributed by atoms with E-state index in [4.69, 9.17) is 4.74 Å². The van der Waals surface area contributed by atoms with Gasteiger partial charge in [-0.2, -0.15) is 11.8 Å². The first-order chi connectivity index (χ1) is 11.6. The van der Waals surface area contributed by atoms with E-state index >= 15 is 0 Å². The summed E-state index contributed by atoms with van der Waals surface area (Å²) in [5.74, 6) is 2.19. The van der Waals surface area contributed by atoms with Crippen molar-refractivity contribution in [2.75, 3.05) is 25.9 Å². The summed E-state index contributed by atoms with van der Waals surface area (Å²) in [4.78, 5) is 6.86. The molecule has 1 saturated heterocycles. The lowest BCUT2D eigenvalue weighted by molar-refractivity contribution is 0.0657. The Morgan fingerprint density at radius 3 is 2.92 bits per heavy atom. The molecular formula is C19H31N3OS. The minimum atomic E-state index is 0.258. The molecule has 1 N–H and O–H groups in total. The summed E-state index contributed by atoms with van der Waals surface area (Å²) in [6, 6.07) is 8.58. The number of nitrogens with zero attached hydrogens (tertiary/aromatic N) is 2. The van der Waals surface area contributed by atoms with Crippen LogP contribution in [0.15, 0.2) is 29.3 Å². The zero-order valence-corrected chi connectivity index (χ0v) is 16.2. The van der Waals surface area contributed by atoms with Crippen molar-refractivity contribution >= 4 is 17.7 Å². The molecule has 0 aliphatic carbocycles. The smallest absolute Gasteiger partial charge is 0.193 e. The molecule has 2 rings (SSSR count). The van der Waals surface area contributed by atoms with E-state index in [1.807, 2.05) is 7.05 Å². The van der Waals surface area contributed by atoms with Gasteiger partial charge in [0.25, 0.3) is 0 Å². The summed E-state index contributed by atoms with van der Waals surface area (Å²) in [6.07, 6.45) is 1.48. The Kier molecular flexibility index (Phi) is 7.92. The van der Waals surface area contributed by atoms with Crippen LogP contribution in [0.4, 0.5) is 0 Å². The predicted octanol–water partition coefficient (Wildman–Crippen LogP) is 3.51. The highest BCUT2D eigenvalue weighted by Gasteiger charge is 2.21. The van der Waals surface area contributed by atoms with Crippen LogP contribution in [0.5, 0.6) is 0 Å². The van der Waals surface area contributed by atoms with Gasteiger partial charge in [0.2, 0.25) is 0 Å². The number of rotatable bonds is 6. The fraction of sp³-hybridized carbons (Fsp3) is 0.632. The fourth-order valence-electron chi connectivity index (χ4n) is 2.76. The fourth-order valence-corrected chi connectivity index (χ4v) is 3.94. The Labute approximate surface area is 151 Å². The molecule has 5 heteroatoms. The minimum Gasteiger partial charge on any atom is -0.374 e. The second-order valence-electron chi connectivity index (χ2n) is 6.43. The summed E-state index contributed by atoms with van der Waals surface area (Å²) >= 11 is 2.08. The van der Waals surface area contributed by atoms with E-state index in [1.165, 1.54) is 23.3 Å². The largest absolute Gasteiger partial charge is 0.374 e. The maximum Gasteiger partial charge on any atom is 0.193 e. The van der Waals surface area contributed by atoms with Crippen molar-refractivity contribution < 1.29 is 4.74 Å². The van der Waals surface area contributed by atoms with Crippen molar-refractivity contribution in [3.63, 3.8) is 0 Å². The molecule has 0 radical (unpaired) electrons. The van der Waals surface area contributed by atoms with Crippen LogP contribution in [0.2, 0.25) is 0 Å². The number of thioether (sulfide) groups is 1. The molecule has 24 heavy (non-hydrogen) atoms. The van der Waals surface area contributed by atoms with Crippen LogP contribution < -0.4 is 5.32 Å². The highest BCUT2D eigenvalue weighted by atomic mass is 32.2. The number of ether oxygens (including phenoxy) is 1. The standard InChI is InChI=1S/C19H31N3OS/c1-5-18-13-22(9-10-24-18)19(20-4)21-12-16-7-6-8-17(11-16)14-23-15(2)3/h6-8,11,15,18H,5,9-10,12-14H2,1-4H3,(H,20,21). The summed E-state index contributed by atoms with van der Waals surface area (Å²) in [6.45, 7) is 10.0. The van der Waals surface area contributed by atoms with E-state index in [0.29, 0.717) is 11.9 Å². The predicted molar refractivity (Wildman–Crippen MR) is 105 cm³/mol. The molecule has 1 atom stereocenters. The van der Waals surface area contributed by atoms with Crippen LogP contribution in [-0.4, -0.2) is 48.1 Å². The Morgan fingerprint density at radius 1 is 1.42 bits per heavy atom. The van der Waals surface area contributed by atoms with Crippen molar-refractivity contribution in [3.8, 4) is 0 Å². The highest BCUT2D eigenvalue weighted by molar-refractivity contribution is 8.00. The molecule has 0 aromatic heterocycles. The third-order valence-electron chi connectivity index (χ3n) is 4.13. The van der Waals surface area contributed by atoms with Crippen molar-refractivity contribution in [2.45, 2.75) is 51.7 Å². The summed E-state index contributed by atoms with van der Waals surface area (Å²) in [7, 11) is 1.87. The van der Waals surface area contributed by atoms with Crippen LogP contribution in [0, 0.1) is 0 Å². The molecule has 1 heterocycles. The lowest BCUT2D eigenvalue weighted by Gasteiger charge is -2.34. The molecule has 134 valence electrons. The number of hydrogen-bond acceptors (Lipinski definition) is 3. The second-order valence-corrected chi connectivity index (χ2v) is 7.84. The van der Waals surface area contributed by atoms with Gasteiger partial charge < -0.3 is 15.0 Å². The van der Waals surface area contributed by atoms with Gasteiger partial charge in [-0.05, 0) is 31.4 Å². The van der Waals surface area contributed by atoms with E-state index in [0.717, 1.165) is 25.6 Å². The molecule has 0 spiro atoms. The monoisotopic (exact) mass is 349 g/mol. The molecule has 1 aliphatic heterocycles. The number of benzene rings is 1. The molecule has 0 saturated carbocycles. The van der Waals surface area contributed by atoms with Crippen LogP contribution in [0.1, 0.15) is 38.3 Å². The van der Waals surface area contributed by atoms with E-state index < -0.39 is 0 Å². The minimum absolute atomic E-state index is 0.258. The van der Waals surface area contributed by atoms with Gasteiger partial charge in [-0.25, -0.2) is 0 Å². The third-order valence-corrected chi connectivity index (χ3v) is 5.50. The van der Waals surface area contributed by atoms with Gasteiger partial charge in [-0.1, -0.05) is 31.2 Å². The van der Waals surface area contributed by atoms with Gasteiger partial charge in [0.1, 0.15) is 0 Å². The number of nitrogens with one attached hydrogen (secondary N) is 1. The van der Waals surface area contributed by atoms with Crippen molar-refractivity contribution in [1.29, 1.82) is 0 Å². The maximum absolute atomic E-state index is 5.69. The van der Waals surface area contributed by atoms with Crippen molar-refractivity contribution in [3.05, 3.63) is 35.4 Å². The van der Waals surface area contributed by atoms with Gasteiger partial charge >= 0.3 is 0 Å². The van der Waals surface area contributed by atoms with Gasteiger partial charge in [0.15, 0.2) is 5.96 Å². The lowest BCUT2D eigenvalue weighted by Crippen LogP contribution is -2.47. The Hall–Kier alpha value is -1.20. The van der Waals surface area contributed by atoms with Crippen LogP contribution in [0.3, 0.4) is 0 Å². The second kappa shape index (κ2) is 9.94. The van der Waals surface area contributed by atoms with Gasteiger partial charge in [0, 0.05) is 37.7 Å². The molecule has 1 fully saturated rings. The molecule has 1 unspecified atom stereocenters. The number of hydrogen-bond donors (Lipinski definition) is 1. The third kappa shape index (κ3) is 6.02. The topological polar surface area (TPSA) is 36.9 Å². The zero-order valence-electron chi connectivity index (χ0n) is 15.4. The van der Waals surface area contributed by atoms with Crippen molar-refractivity contribution in [2.24, 2.45) is 4.99 Å². The average Bonchev–Trinajstić information content (AvgIpc) is 2.61. The summed E-state index contributed by atoms with van der Waals surface area (Å²) in [5.41, 5.74) is 2.48. The average molecular weight is 350 g/mol. The van der Waals surface area contributed by atoms with E-state index in [1.54, 1.807) is 0 Å². The number of guanidine groups is 1. The molecule has 4 nitrogen and oxygen atoms in total. The first kappa shape index (κ1) is 19.1. The van der Waals surface area contributed by atoms with Gasteiger partial charge in [0.05, 0.1) is 12.7 Å². The highest BCUT2D eigenvalue weighted by Crippen LogP contribution is 2.21. The van der Waals surface area contributed by atoms with E-state index in [-0.39, 0.29) is 6.10 Å². The maximum atomic E-state index is 5.69. The molecular weight excluding hydrogens is 318 g/mol. The molecule has 0 amide bonds. The van der Waals surface area contributed by atoms with E-state index in [2.05, 4.69) is 72.0 Å². The lowest BCUT2D eigenvalue weighted by atomic mass is 10.1. The van der Waals surface area contributed by atoms with Crippen molar-refractivity contribution in [1.82, 2.24) is 10.2 Å². The van der Waals surface area contributed by atoms with Crippen LogP contribution >= 0.6 is 11.8 Å². The quantitative estimate of drug-likeness (QED) is 0.630. The van der Waals surface area contributed by atoms with Crippen LogP contribution in [-0.2, 0) is 17.9 Å². The van der Waals surface area contributed by atoms with E-state index in [9.17, 15) is 0 Å². The first-order valence-electron chi connectivity index (χ1n) is 8.89. The summed E-state index contributed by atoms with van der Waals surface area (Å²) in [5, 5.41) is 4.23. The molecule has 1 aromatic rings. The number of aliphatic imine (C=N–C) groups is 1.